The summed E-state index contributed by atoms with van der Waals surface area (Å²) in [6.45, 7) is 7.92. The van der Waals surface area contributed by atoms with Crippen molar-refractivity contribution in [2.24, 2.45) is 11.3 Å². The van der Waals surface area contributed by atoms with E-state index in [1.54, 1.807) is 0 Å². The molecule has 1 N–H and O–H groups in total. The number of nitrogens with one attached hydrogen (secondary N) is 1. The van der Waals surface area contributed by atoms with E-state index in [1.165, 1.54) is 51.6 Å². The van der Waals surface area contributed by atoms with Gasteiger partial charge in [-0.3, -0.25) is 0 Å². The van der Waals surface area contributed by atoms with Crippen LogP contribution >= 0.6 is 0 Å². The van der Waals surface area contributed by atoms with Gasteiger partial charge in [0, 0.05) is 30.7 Å². The van der Waals surface area contributed by atoms with Crippen molar-refractivity contribution in [2.45, 2.75) is 70.6 Å². The second kappa shape index (κ2) is 5.94. The Labute approximate surface area is 124 Å². The predicted molar refractivity (Wildman–Crippen MR) is 82.9 cm³/mol. The van der Waals surface area contributed by atoms with Crippen molar-refractivity contribution in [3.8, 4) is 0 Å². The van der Waals surface area contributed by atoms with Crippen LogP contribution in [0.4, 0.5) is 0 Å². The van der Waals surface area contributed by atoms with Crippen LogP contribution in [0.1, 0.15) is 52.4 Å². The molecular formula is C17H32N2O. The van der Waals surface area contributed by atoms with Gasteiger partial charge in [-0.15, -0.1) is 0 Å². The Morgan fingerprint density at radius 2 is 2.05 bits per heavy atom. The second-order valence-electron chi connectivity index (χ2n) is 7.47. The van der Waals surface area contributed by atoms with Gasteiger partial charge in [-0.05, 0) is 52.1 Å². The lowest BCUT2D eigenvalue weighted by Gasteiger charge is -2.56. The van der Waals surface area contributed by atoms with E-state index in [-0.39, 0.29) is 0 Å². The largest absolute Gasteiger partial charge is 0.378 e. The Balaban J connectivity index is 1.60. The maximum atomic E-state index is 6.03. The lowest BCUT2D eigenvalue weighted by molar-refractivity contribution is -0.134. The summed E-state index contributed by atoms with van der Waals surface area (Å²) >= 11 is 0. The Morgan fingerprint density at radius 1 is 1.30 bits per heavy atom. The maximum Gasteiger partial charge on any atom is 0.0661 e. The summed E-state index contributed by atoms with van der Waals surface area (Å²) in [5.41, 5.74) is 0.485. The van der Waals surface area contributed by atoms with Gasteiger partial charge in [-0.25, -0.2) is 0 Å². The Kier molecular flexibility index (Phi) is 4.40. The fourth-order valence-corrected chi connectivity index (χ4v) is 4.98. The molecule has 4 unspecified atom stereocenters. The maximum absolute atomic E-state index is 6.03. The molecule has 1 saturated heterocycles. The number of likely N-dealkylation sites (tertiary alicyclic amines) is 1. The third kappa shape index (κ3) is 2.53. The minimum absolute atomic E-state index is 0.485. The summed E-state index contributed by atoms with van der Waals surface area (Å²) in [4.78, 5) is 2.47. The first kappa shape index (κ1) is 14.8. The van der Waals surface area contributed by atoms with E-state index < -0.39 is 0 Å². The molecule has 2 aliphatic carbocycles. The third-order valence-electron chi connectivity index (χ3n) is 6.21. The average Bonchev–Trinajstić information content (AvgIpc) is 2.92. The molecule has 3 fully saturated rings. The Hall–Kier alpha value is -0.120. The number of nitrogens with zero attached hydrogens (tertiary/aromatic N) is 1. The molecule has 1 heterocycles. The van der Waals surface area contributed by atoms with Crippen LogP contribution in [0.3, 0.4) is 0 Å². The number of piperidine rings is 1. The first-order chi connectivity index (χ1) is 9.65. The van der Waals surface area contributed by atoms with Crippen molar-refractivity contribution >= 4 is 0 Å². The summed E-state index contributed by atoms with van der Waals surface area (Å²) in [7, 11) is 2.25. The highest BCUT2D eigenvalue weighted by Gasteiger charge is 2.57. The van der Waals surface area contributed by atoms with Crippen LogP contribution in [0.5, 0.6) is 0 Å². The molecule has 116 valence electrons. The van der Waals surface area contributed by atoms with Gasteiger partial charge in [0.2, 0.25) is 0 Å². The molecule has 3 heteroatoms. The molecule has 2 saturated carbocycles. The first-order valence-electron chi connectivity index (χ1n) is 8.72. The zero-order chi connectivity index (χ0) is 14.2. The van der Waals surface area contributed by atoms with Crippen LogP contribution in [-0.4, -0.2) is 49.8 Å². The van der Waals surface area contributed by atoms with Crippen LogP contribution in [0, 0.1) is 11.3 Å². The predicted octanol–water partition coefficient (Wildman–Crippen LogP) is 2.65. The van der Waals surface area contributed by atoms with Crippen LogP contribution < -0.4 is 5.32 Å². The summed E-state index contributed by atoms with van der Waals surface area (Å²) in [5, 5.41) is 4.04. The van der Waals surface area contributed by atoms with Crippen LogP contribution in [-0.2, 0) is 4.74 Å². The lowest BCUT2D eigenvalue weighted by atomic mass is 9.60. The molecule has 0 aromatic carbocycles. The second-order valence-corrected chi connectivity index (χ2v) is 7.47. The summed E-state index contributed by atoms with van der Waals surface area (Å²) in [6.07, 6.45) is 8.67. The van der Waals surface area contributed by atoms with E-state index in [0.29, 0.717) is 11.5 Å². The molecule has 3 rings (SSSR count). The molecule has 0 aromatic rings. The smallest absolute Gasteiger partial charge is 0.0661 e. The van der Waals surface area contributed by atoms with Crippen LogP contribution in [0.25, 0.3) is 0 Å². The third-order valence-corrected chi connectivity index (χ3v) is 6.21. The van der Waals surface area contributed by atoms with Gasteiger partial charge < -0.3 is 15.0 Å². The van der Waals surface area contributed by atoms with Crippen molar-refractivity contribution in [1.82, 2.24) is 10.2 Å². The van der Waals surface area contributed by atoms with E-state index >= 15 is 0 Å². The van der Waals surface area contributed by atoms with Gasteiger partial charge in [0.05, 0.1) is 6.10 Å². The first-order valence-corrected chi connectivity index (χ1v) is 8.72. The van der Waals surface area contributed by atoms with Crippen molar-refractivity contribution in [3.05, 3.63) is 0 Å². The molecule has 0 bridgehead atoms. The van der Waals surface area contributed by atoms with E-state index in [1.807, 2.05) is 0 Å². The molecule has 1 aliphatic heterocycles. The van der Waals surface area contributed by atoms with Gasteiger partial charge in [-0.2, -0.15) is 0 Å². The van der Waals surface area contributed by atoms with Crippen molar-refractivity contribution in [1.29, 1.82) is 0 Å². The fraction of sp³-hybridized carbons (Fsp3) is 1.00. The molecule has 1 spiro atoms. The molecule has 3 aliphatic rings. The molecule has 0 aromatic heterocycles. The molecule has 3 nitrogen and oxygen atoms in total. The standard InChI is InChI=1S/C17H32N2O/c1-4-20-16-11-15(17(16)8-5-6-9-17)18-14-7-10-19(3)12-13(14)2/h13-16,18H,4-12H2,1-3H3. The van der Waals surface area contributed by atoms with Crippen LogP contribution in [0.15, 0.2) is 0 Å². The molecule has 20 heavy (non-hydrogen) atoms. The Bertz CT molecular complexity index is 327. The number of hydrogen-bond donors (Lipinski definition) is 1. The highest BCUT2D eigenvalue weighted by molar-refractivity contribution is 5.11. The van der Waals surface area contributed by atoms with Crippen molar-refractivity contribution in [2.75, 3.05) is 26.7 Å². The normalized spacial score (nSPS) is 41.0. The van der Waals surface area contributed by atoms with Gasteiger partial charge in [0.15, 0.2) is 0 Å². The van der Waals surface area contributed by atoms with Crippen LogP contribution in [0.2, 0.25) is 0 Å². The summed E-state index contributed by atoms with van der Waals surface area (Å²) in [5.74, 6) is 0.776. The lowest BCUT2D eigenvalue weighted by Crippen LogP contribution is -2.66. The molecular weight excluding hydrogens is 248 g/mol. The van der Waals surface area contributed by atoms with E-state index in [4.69, 9.17) is 4.74 Å². The number of rotatable bonds is 4. The van der Waals surface area contributed by atoms with Crippen molar-refractivity contribution < 1.29 is 4.74 Å². The average molecular weight is 280 g/mol. The monoisotopic (exact) mass is 280 g/mol. The van der Waals surface area contributed by atoms with E-state index in [9.17, 15) is 0 Å². The molecule has 0 amide bonds. The van der Waals surface area contributed by atoms with Gasteiger partial charge in [0.1, 0.15) is 0 Å². The van der Waals surface area contributed by atoms with Gasteiger partial charge in [-0.1, -0.05) is 19.8 Å². The van der Waals surface area contributed by atoms with Crippen molar-refractivity contribution in [3.63, 3.8) is 0 Å². The minimum Gasteiger partial charge on any atom is -0.378 e. The zero-order valence-corrected chi connectivity index (χ0v) is 13.5. The van der Waals surface area contributed by atoms with E-state index in [0.717, 1.165) is 24.6 Å². The summed E-state index contributed by atoms with van der Waals surface area (Å²) in [6, 6.07) is 1.44. The van der Waals surface area contributed by atoms with Gasteiger partial charge in [0.25, 0.3) is 0 Å². The highest BCUT2D eigenvalue weighted by atomic mass is 16.5. The molecule has 4 atom stereocenters. The molecule has 0 radical (unpaired) electrons. The zero-order valence-electron chi connectivity index (χ0n) is 13.5. The fourth-order valence-electron chi connectivity index (χ4n) is 4.98. The minimum atomic E-state index is 0.485. The number of hydrogen-bond acceptors (Lipinski definition) is 3. The Morgan fingerprint density at radius 3 is 2.70 bits per heavy atom. The van der Waals surface area contributed by atoms with Gasteiger partial charge >= 0.3 is 0 Å². The summed E-state index contributed by atoms with van der Waals surface area (Å²) < 4.78 is 6.03. The SMILES string of the molecule is CCOC1CC(NC2CCN(C)CC2C)C12CCCC2. The quantitative estimate of drug-likeness (QED) is 0.857. The topological polar surface area (TPSA) is 24.5 Å². The highest BCUT2D eigenvalue weighted by Crippen LogP contribution is 2.55. The van der Waals surface area contributed by atoms with E-state index in [2.05, 4.69) is 31.1 Å². The number of ether oxygens (including phenoxy) is 1.